The van der Waals surface area contributed by atoms with Gasteiger partial charge in [-0.15, -0.1) is 0 Å². The number of aromatic amines is 1. The molecule has 1 atom stereocenters. The fourth-order valence-electron chi connectivity index (χ4n) is 2.14. The number of hydrogen-bond donors (Lipinski definition) is 2. The number of hydrogen-bond acceptors (Lipinski definition) is 4. The Morgan fingerprint density at radius 2 is 2.47 bits per heavy atom. The SMILES string of the molecule is CCNC1CCCN(S(=O)(=O)c2cnc[nH]2)C1. The van der Waals surface area contributed by atoms with Gasteiger partial charge >= 0.3 is 0 Å². The van der Waals surface area contributed by atoms with Crippen LogP contribution in [0.4, 0.5) is 0 Å². The summed E-state index contributed by atoms with van der Waals surface area (Å²) in [4.78, 5) is 6.42. The van der Waals surface area contributed by atoms with Gasteiger partial charge in [0.05, 0.1) is 12.5 Å². The van der Waals surface area contributed by atoms with Gasteiger partial charge in [0.25, 0.3) is 10.0 Å². The van der Waals surface area contributed by atoms with Crippen molar-refractivity contribution in [3.8, 4) is 0 Å². The van der Waals surface area contributed by atoms with Gasteiger partial charge in [-0.05, 0) is 19.4 Å². The molecule has 1 fully saturated rings. The number of rotatable bonds is 4. The zero-order valence-corrected chi connectivity index (χ0v) is 10.7. The molecule has 0 amide bonds. The van der Waals surface area contributed by atoms with Gasteiger partial charge in [-0.2, -0.15) is 4.31 Å². The lowest BCUT2D eigenvalue weighted by Crippen LogP contribution is -2.47. The molecule has 0 bridgehead atoms. The Kier molecular flexibility index (Phi) is 3.80. The molecule has 0 aliphatic carbocycles. The fourth-order valence-corrected chi connectivity index (χ4v) is 3.56. The van der Waals surface area contributed by atoms with Crippen LogP contribution in [0.2, 0.25) is 0 Å². The predicted molar refractivity (Wildman–Crippen MR) is 64.0 cm³/mol. The average molecular weight is 258 g/mol. The smallest absolute Gasteiger partial charge is 0.260 e. The molecule has 1 unspecified atom stereocenters. The van der Waals surface area contributed by atoms with Crippen LogP contribution in [0.25, 0.3) is 0 Å². The Morgan fingerprint density at radius 1 is 1.65 bits per heavy atom. The fraction of sp³-hybridized carbons (Fsp3) is 0.700. The number of aromatic nitrogens is 2. The van der Waals surface area contributed by atoms with Crippen LogP contribution in [0.15, 0.2) is 17.6 Å². The van der Waals surface area contributed by atoms with E-state index in [1.54, 1.807) is 0 Å². The summed E-state index contributed by atoms with van der Waals surface area (Å²) in [6.45, 7) is 4.02. The highest BCUT2D eigenvalue weighted by molar-refractivity contribution is 7.89. The molecule has 1 aliphatic rings. The Labute approximate surface area is 101 Å². The molecule has 7 heteroatoms. The molecule has 2 rings (SSSR count). The molecule has 1 aromatic heterocycles. The van der Waals surface area contributed by atoms with Crippen molar-refractivity contribution in [3.05, 3.63) is 12.5 Å². The van der Waals surface area contributed by atoms with Gasteiger partial charge in [0, 0.05) is 19.1 Å². The summed E-state index contributed by atoms with van der Waals surface area (Å²) in [5.41, 5.74) is 0. The highest BCUT2D eigenvalue weighted by Gasteiger charge is 2.30. The maximum absolute atomic E-state index is 12.2. The van der Waals surface area contributed by atoms with Gasteiger partial charge in [-0.1, -0.05) is 6.92 Å². The summed E-state index contributed by atoms with van der Waals surface area (Å²) in [5, 5.41) is 3.48. The van der Waals surface area contributed by atoms with Crippen LogP contribution < -0.4 is 5.32 Å². The second kappa shape index (κ2) is 5.16. The second-order valence-electron chi connectivity index (χ2n) is 4.18. The van der Waals surface area contributed by atoms with Gasteiger partial charge in [0.15, 0.2) is 5.03 Å². The quantitative estimate of drug-likeness (QED) is 0.807. The predicted octanol–water partition coefficient (Wildman–Crippen LogP) is 0.172. The molecule has 17 heavy (non-hydrogen) atoms. The van der Waals surface area contributed by atoms with E-state index < -0.39 is 10.0 Å². The summed E-state index contributed by atoms with van der Waals surface area (Å²) >= 11 is 0. The first-order chi connectivity index (χ1) is 8.14. The van der Waals surface area contributed by atoms with E-state index in [4.69, 9.17) is 0 Å². The van der Waals surface area contributed by atoms with Crippen LogP contribution in [-0.2, 0) is 10.0 Å². The molecular weight excluding hydrogens is 240 g/mol. The molecule has 2 heterocycles. The standard InChI is InChI=1S/C10H18N4O2S/c1-2-12-9-4-3-5-14(7-9)17(15,16)10-6-11-8-13-10/h6,8-9,12H,2-5,7H2,1H3,(H,11,13). The number of sulfonamides is 1. The van der Waals surface area contributed by atoms with Gasteiger partial charge in [-0.3, -0.25) is 0 Å². The van der Waals surface area contributed by atoms with E-state index in [1.807, 2.05) is 6.92 Å². The molecule has 0 saturated carbocycles. The van der Waals surface area contributed by atoms with Crippen LogP contribution in [0.1, 0.15) is 19.8 Å². The maximum atomic E-state index is 12.2. The minimum Gasteiger partial charge on any atom is -0.335 e. The third-order valence-corrected chi connectivity index (χ3v) is 4.76. The van der Waals surface area contributed by atoms with Crippen molar-refractivity contribution in [3.63, 3.8) is 0 Å². The van der Waals surface area contributed by atoms with E-state index in [1.165, 1.54) is 16.8 Å². The minimum atomic E-state index is -3.39. The van der Waals surface area contributed by atoms with Gasteiger partial charge in [-0.25, -0.2) is 13.4 Å². The first kappa shape index (κ1) is 12.5. The number of piperidine rings is 1. The lowest BCUT2D eigenvalue weighted by atomic mass is 10.1. The number of nitrogens with one attached hydrogen (secondary N) is 2. The normalized spacial score (nSPS) is 22.8. The van der Waals surface area contributed by atoms with Gasteiger partial charge in [0.1, 0.15) is 0 Å². The zero-order chi connectivity index (χ0) is 12.3. The number of nitrogens with zero attached hydrogens (tertiary/aromatic N) is 2. The summed E-state index contributed by atoms with van der Waals surface area (Å²) in [7, 11) is -3.39. The number of imidazole rings is 1. The monoisotopic (exact) mass is 258 g/mol. The van der Waals surface area contributed by atoms with Crippen molar-refractivity contribution in [1.29, 1.82) is 0 Å². The molecule has 1 aromatic rings. The molecule has 6 nitrogen and oxygen atoms in total. The van der Waals surface area contributed by atoms with Crippen LogP contribution in [0.3, 0.4) is 0 Å². The highest BCUT2D eigenvalue weighted by atomic mass is 32.2. The van der Waals surface area contributed by atoms with Gasteiger partial charge in [0.2, 0.25) is 0 Å². The van der Waals surface area contributed by atoms with Crippen molar-refractivity contribution < 1.29 is 8.42 Å². The summed E-state index contributed by atoms with van der Waals surface area (Å²) in [6.07, 6.45) is 4.67. The Morgan fingerprint density at radius 3 is 3.12 bits per heavy atom. The zero-order valence-electron chi connectivity index (χ0n) is 9.89. The molecule has 2 N–H and O–H groups in total. The van der Waals surface area contributed by atoms with E-state index >= 15 is 0 Å². The third kappa shape index (κ3) is 2.67. The summed E-state index contributed by atoms with van der Waals surface area (Å²) < 4.78 is 26.0. The van der Waals surface area contributed by atoms with Crippen molar-refractivity contribution in [2.24, 2.45) is 0 Å². The average Bonchev–Trinajstić information content (AvgIpc) is 2.84. The lowest BCUT2D eigenvalue weighted by molar-refractivity contribution is 0.285. The molecule has 96 valence electrons. The van der Waals surface area contributed by atoms with E-state index in [0.29, 0.717) is 13.1 Å². The number of likely N-dealkylation sites (N-methyl/N-ethyl adjacent to an activating group) is 1. The van der Waals surface area contributed by atoms with E-state index in [2.05, 4.69) is 15.3 Å². The van der Waals surface area contributed by atoms with E-state index in [9.17, 15) is 8.42 Å². The summed E-state index contributed by atoms with van der Waals surface area (Å²) in [5.74, 6) is 0. The van der Waals surface area contributed by atoms with Crippen molar-refractivity contribution in [2.75, 3.05) is 19.6 Å². The van der Waals surface area contributed by atoms with Crippen molar-refractivity contribution in [1.82, 2.24) is 19.6 Å². The van der Waals surface area contributed by atoms with Crippen LogP contribution in [0.5, 0.6) is 0 Å². The number of H-pyrrole nitrogens is 1. The summed E-state index contributed by atoms with van der Waals surface area (Å²) in [6, 6.07) is 0.256. The largest absolute Gasteiger partial charge is 0.335 e. The second-order valence-corrected chi connectivity index (χ2v) is 6.08. The third-order valence-electron chi connectivity index (χ3n) is 2.97. The van der Waals surface area contributed by atoms with Gasteiger partial charge < -0.3 is 10.3 Å². The Bertz CT molecular complexity index is 441. The van der Waals surface area contributed by atoms with Crippen molar-refractivity contribution >= 4 is 10.0 Å². The topological polar surface area (TPSA) is 78.1 Å². The Balaban J connectivity index is 2.12. The first-order valence-corrected chi connectivity index (χ1v) is 7.30. The van der Waals surface area contributed by atoms with E-state index in [0.717, 1.165) is 19.4 Å². The van der Waals surface area contributed by atoms with Crippen molar-refractivity contribution in [2.45, 2.75) is 30.8 Å². The van der Waals surface area contributed by atoms with Crippen LogP contribution in [0, 0.1) is 0 Å². The molecule has 0 spiro atoms. The molecular formula is C10H18N4O2S. The molecule has 0 aromatic carbocycles. The van der Waals surface area contributed by atoms with E-state index in [-0.39, 0.29) is 11.1 Å². The molecule has 1 saturated heterocycles. The first-order valence-electron chi connectivity index (χ1n) is 5.86. The van der Waals surface area contributed by atoms with Crippen LogP contribution in [-0.4, -0.2) is 48.4 Å². The van der Waals surface area contributed by atoms with Crippen LogP contribution >= 0.6 is 0 Å². The minimum absolute atomic E-state index is 0.176. The Hall–Kier alpha value is -0.920. The lowest BCUT2D eigenvalue weighted by Gasteiger charge is -2.31. The highest BCUT2D eigenvalue weighted by Crippen LogP contribution is 2.18. The molecule has 1 aliphatic heterocycles. The molecule has 0 radical (unpaired) electrons. The maximum Gasteiger partial charge on any atom is 0.260 e.